The highest BCUT2D eigenvalue weighted by Gasteiger charge is 2.40. The molecule has 0 bridgehead atoms. The number of alkyl halides is 4. The number of aromatic nitrogens is 3. The van der Waals surface area contributed by atoms with Crippen LogP contribution in [0, 0.1) is 0 Å². The molecule has 1 N–H and O–H groups in total. The smallest absolute Gasteiger partial charge is 0.330 e. The molecule has 0 saturated heterocycles. The Balaban J connectivity index is 1.60. The van der Waals surface area contributed by atoms with Gasteiger partial charge in [-0.3, -0.25) is 9.48 Å². The first kappa shape index (κ1) is 20.9. The summed E-state index contributed by atoms with van der Waals surface area (Å²) in [6.07, 6.45) is 1.08. The van der Waals surface area contributed by atoms with Crippen molar-refractivity contribution in [3.05, 3.63) is 53.3 Å². The Morgan fingerprint density at radius 1 is 1.34 bits per heavy atom. The van der Waals surface area contributed by atoms with Gasteiger partial charge in [0.05, 0.1) is 19.0 Å². The molecular weight excluding hydrogens is 412 g/mol. The molecule has 0 unspecified atom stereocenters. The van der Waals surface area contributed by atoms with E-state index in [1.807, 2.05) is 0 Å². The third-order valence-electron chi connectivity index (χ3n) is 3.75. The van der Waals surface area contributed by atoms with Crippen LogP contribution in [0.2, 0.25) is 0 Å². The van der Waals surface area contributed by atoms with Crippen molar-refractivity contribution in [2.75, 3.05) is 11.9 Å². The Hall–Kier alpha value is -2.79. The molecule has 1 amide bonds. The molecule has 0 aliphatic heterocycles. The maximum absolute atomic E-state index is 12.9. The Labute approximate surface area is 167 Å². The van der Waals surface area contributed by atoms with Crippen LogP contribution in [0.1, 0.15) is 15.2 Å². The molecular formula is C18H16F4N4O2S. The molecule has 0 saturated carbocycles. The molecule has 0 aliphatic rings. The first-order valence-electron chi connectivity index (χ1n) is 8.33. The molecule has 0 radical (unpaired) electrons. The minimum Gasteiger partial charge on any atom is -0.370 e. The number of nitrogens with zero attached hydrogens (tertiary/aromatic N) is 3. The van der Waals surface area contributed by atoms with E-state index in [4.69, 9.17) is 0 Å². The predicted molar refractivity (Wildman–Crippen MR) is 99.3 cm³/mol. The number of ether oxygens (including phenoxy) is 1. The van der Waals surface area contributed by atoms with Crippen LogP contribution in [-0.2, 0) is 18.4 Å². The van der Waals surface area contributed by atoms with Crippen molar-refractivity contribution in [3.63, 3.8) is 0 Å². The van der Waals surface area contributed by atoms with E-state index >= 15 is 0 Å². The Bertz CT molecular complexity index is 990. The van der Waals surface area contributed by atoms with Crippen LogP contribution in [0.25, 0.3) is 10.6 Å². The first-order chi connectivity index (χ1) is 13.7. The molecule has 2 heterocycles. The minimum absolute atomic E-state index is 0.294. The summed E-state index contributed by atoms with van der Waals surface area (Å²) >= 11 is 1.19. The van der Waals surface area contributed by atoms with Crippen LogP contribution >= 0.6 is 11.3 Å². The zero-order valence-corrected chi connectivity index (χ0v) is 15.9. The number of anilines is 1. The SMILES string of the molecule is Cn1cc(-c2ncc(C(=O)Nc3cccc(COCC(F)(F)C(F)F)c3)s2)cn1. The Kier molecular flexibility index (Phi) is 6.28. The average Bonchev–Trinajstić information content (AvgIpc) is 3.31. The summed E-state index contributed by atoms with van der Waals surface area (Å²) in [6, 6.07) is 6.29. The van der Waals surface area contributed by atoms with Crippen molar-refractivity contribution in [1.82, 2.24) is 14.8 Å². The maximum atomic E-state index is 12.9. The monoisotopic (exact) mass is 428 g/mol. The number of nitrogens with one attached hydrogen (secondary N) is 1. The van der Waals surface area contributed by atoms with Gasteiger partial charge in [-0.2, -0.15) is 13.9 Å². The molecule has 2 aromatic heterocycles. The second-order valence-electron chi connectivity index (χ2n) is 6.14. The van der Waals surface area contributed by atoms with Gasteiger partial charge >= 0.3 is 12.3 Å². The molecule has 1 aromatic carbocycles. The fourth-order valence-electron chi connectivity index (χ4n) is 2.34. The number of carbonyl (C=O) groups is 1. The lowest BCUT2D eigenvalue weighted by atomic mass is 10.2. The number of amides is 1. The molecule has 3 rings (SSSR count). The van der Waals surface area contributed by atoms with Crippen LogP contribution in [0.4, 0.5) is 23.2 Å². The quantitative estimate of drug-likeness (QED) is 0.546. The number of halogens is 4. The van der Waals surface area contributed by atoms with Crippen molar-refractivity contribution < 1.29 is 27.1 Å². The lowest BCUT2D eigenvalue weighted by Crippen LogP contribution is -2.32. The number of hydrogen-bond donors (Lipinski definition) is 1. The molecule has 11 heteroatoms. The third kappa shape index (κ3) is 5.39. The van der Waals surface area contributed by atoms with E-state index in [1.165, 1.54) is 23.6 Å². The number of hydrogen-bond acceptors (Lipinski definition) is 5. The highest BCUT2D eigenvalue weighted by molar-refractivity contribution is 7.17. The van der Waals surface area contributed by atoms with E-state index in [0.717, 1.165) is 5.56 Å². The standard InChI is InChI=1S/C18H16F4N4O2S/c1-26-8-12(6-24-26)16-23-7-14(29-16)15(27)25-13-4-2-3-11(5-13)9-28-10-18(21,22)17(19)20/h2-8,17H,9-10H2,1H3,(H,25,27). The summed E-state index contributed by atoms with van der Waals surface area (Å²) in [4.78, 5) is 17.0. The van der Waals surface area contributed by atoms with Crippen molar-refractivity contribution in [2.45, 2.75) is 19.0 Å². The number of benzene rings is 1. The molecule has 3 aromatic rings. The van der Waals surface area contributed by atoms with Gasteiger partial charge < -0.3 is 10.1 Å². The number of aryl methyl sites for hydroxylation is 1. The molecule has 6 nitrogen and oxygen atoms in total. The van der Waals surface area contributed by atoms with Crippen LogP contribution in [0.5, 0.6) is 0 Å². The number of thiazole rings is 1. The molecule has 154 valence electrons. The predicted octanol–water partition coefficient (Wildman–Crippen LogP) is 4.21. The van der Waals surface area contributed by atoms with E-state index < -0.39 is 19.0 Å². The largest absolute Gasteiger partial charge is 0.370 e. The Morgan fingerprint density at radius 3 is 2.83 bits per heavy atom. The van der Waals surface area contributed by atoms with Gasteiger partial charge in [0.1, 0.15) is 16.5 Å². The van der Waals surface area contributed by atoms with E-state index in [2.05, 4.69) is 20.1 Å². The van der Waals surface area contributed by atoms with E-state index in [9.17, 15) is 22.4 Å². The van der Waals surface area contributed by atoms with E-state index in [1.54, 1.807) is 42.3 Å². The van der Waals surface area contributed by atoms with Crippen molar-refractivity contribution in [1.29, 1.82) is 0 Å². The van der Waals surface area contributed by atoms with Gasteiger partial charge in [0.15, 0.2) is 0 Å². The molecule has 0 spiro atoms. The molecule has 0 aliphatic carbocycles. The van der Waals surface area contributed by atoms with Gasteiger partial charge in [0.2, 0.25) is 0 Å². The molecule has 29 heavy (non-hydrogen) atoms. The van der Waals surface area contributed by atoms with Crippen LogP contribution in [0.3, 0.4) is 0 Å². The van der Waals surface area contributed by atoms with Crippen LogP contribution < -0.4 is 5.32 Å². The Morgan fingerprint density at radius 2 is 2.14 bits per heavy atom. The summed E-state index contributed by atoms with van der Waals surface area (Å²) in [6.45, 7) is -1.68. The van der Waals surface area contributed by atoms with E-state index in [0.29, 0.717) is 21.1 Å². The van der Waals surface area contributed by atoms with Gasteiger partial charge in [-0.25, -0.2) is 13.8 Å². The summed E-state index contributed by atoms with van der Waals surface area (Å²) in [5.74, 6) is -4.59. The third-order valence-corrected chi connectivity index (χ3v) is 4.79. The number of rotatable bonds is 8. The minimum atomic E-state index is -4.20. The fraction of sp³-hybridized carbons (Fsp3) is 0.278. The van der Waals surface area contributed by atoms with Gasteiger partial charge in [0, 0.05) is 24.5 Å². The first-order valence-corrected chi connectivity index (χ1v) is 9.15. The van der Waals surface area contributed by atoms with Gasteiger partial charge in [-0.1, -0.05) is 12.1 Å². The summed E-state index contributed by atoms with van der Waals surface area (Å²) in [5, 5.41) is 7.38. The van der Waals surface area contributed by atoms with Crippen molar-refractivity contribution >= 4 is 22.9 Å². The highest BCUT2D eigenvalue weighted by atomic mass is 32.1. The maximum Gasteiger partial charge on any atom is 0.330 e. The summed E-state index contributed by atoms with van der Waals surface area (Å²) in [5.41, 5.74) is 1.65. The second-order valence-corrected chi connectivity index (χ2v) is 7.17. The lowest BCUT2D eigenvalue weighted by molar-refractivity contribution is -0.168. The van der Waals surface area contributed by atoms with Crippen molar-refractivity contribution in [2.24, 2.45) is 7.05 Å². The van der Waals surface area contributed by atoms with Gasteiger partial charge in [-0.15, -0.1) is 11.3 Å². The van der Waals surface area contributed by atoms with Crippen LogP contribution in [-0.4, -0.2) is 39.6 Å². The zero-order valence-electron chi connectivity index (χ0n) is 15.1. The second kappa shape index (κ2) is 8.70. The van der Waals surface area contributed by atoms with Crippen molar-refractivity contribution in [3.8, 4) is 10.6 Å². The normalized spacial score (nSPS) is 11.8. The van der Waals surface area contributed by atoms with Gasteiger partial charge in [0.25, 0.3) is 5.91 Å². The molecule has 0 fully saturated rings. The summed E-state index contributed by atoms with van der Waals surface area (Å²) < 4.78 is 56.3. The lowest BCUT2D eigenvalue weighted by Gasteiger charge is -2.15. The topological polar surface area (TPSA) is 69.0 Å². The van der Waals surface area contributed by atoms with E-state index in [-0.39, 0.29) is 12.5 Å². The average molecular weight is 428 g/mol. The number of carbonyl (C=O) groups excluding carboxylic acids is 1. The van der Waals surface area contributed by atoms with Gasteiger partial charge in [-0.05, 0) is 17.7 Å². The zero-order chi connectivity index (χ0) is 21.0. The van der Waals surface area contributed by atoms with Crippen LogP contribution in [0.15, 0.2) is 42.9 Å². The fourth-order valence-corrected chi connectivity index (χ4v) is 3.13. The summed E-state index contributed by atoms with van der Waals surface area (Å²) in [7, 11) is 1.77. The molecule has 0 atom stereocenters. The highest BCUT2D eigenvalue weighted by Crippen LogP contribution is 2.26.